The van der Waals surface area contributed by atoms with Crippen molar-refractivity contribution in [2.75, 3.05) is 0 Å². The minimum atomic E-state index is -0.524. The number of hydrogen-bond acceptors (Lipinski definition) is 4. The van der Waals surface area contributed by atoms with Crippen LogP contribution in [0.4, 0.5) is 4.39 Å². The van der Waals surface area contributed by atoms with Crippen molar-refractivity contribution < 1.29 is 9.50 Å². The normalized spacial score (nSPS) is 11.4. The van der Waals surface area contributed by atoms with Gasteiger partial charge in [0, 0.05) is 6.20 Å². The molecule has 1 N–H and O–H groups in total. The van der Waals surface area contributed by atoms with Crippen molar-refractivity contribution >= 4 is 34.7 Å². The summed E-state index contributed by atoms with van der Waals surface area (Å²) in [5.74, 6) is -0.206. The van der Waals surface area contributed by atoms with E-state index in [2.05, 4.69) is 9.97 Å². The highest BCUT2D eigenvalue weighted by molar-refractivity contribution is 6.31. The van der Waals surface area contributed by atoms with Crippen molar-refractivity contribution in [3.8, 4) is 5.69 Å². The van der Waals surface area contributed by atoms with Crippen molar-refractivity contribution in [1.82, 2.24) is 14.5 Å². The summed E-state index contributed by atoms with van der Waals surface area (Å²) >= 11 is 6.22. The molecule has 0 aliphatic carbocycles. The first-order valence-electron chi connectivity index (χ1n) is 8.78. The van der Waals surface area contributed by atoms with E-state index in [4.69, 9.17) is 11.6 Å². The van der Waals surface area contributed by atoms with Gasteiger partial charge in [-0.1, -0.05) is 35.9 Å². The number of hydrogen-bond donors (Lipinski definition) is 1. The number of nitrogens with zero attached hydrogens (tertiary/aromatic N) is 3. The molecule has 5 nitrogen and oxygen atoms in total. The molecule has 0 unspecified atom stereocenters. The monoisotopic (exact) mass is 407 g/mol. The Morgan fingerprint density at radius 2 is 1.97 bits per heavy atom. The van der Waals surface area contributed by atoms with Gasteiger partial charge in [0.25, 0.3) is 5.56 Å². The van der Waals surface area contributed by atoms with Crippen LogP contribution in [0.15, 0.2) is 65.6 Å². The summed E-state index contributed by atoms with van der Waals surface area (Å²) in [6, 6.07) is 14.5. The maximum atomic E-state index is 13.7. The van der Waals surface area contributed by atoms with Crippen LogP contribution in [0.1, 0.15) is 17.0 Å². The summed E-state index contributed by atoms with van der Waals surface area (Å²) in [6.45, 7) is -0.0720. The third kappa shape index (κ3) is 3.81. The molecule has 0 spiro atoms. The summed E-state index contributed by atoms with van der Waals surface area (Å²) in [7, 11) is 0. The first-order valence-corrected chi connectivity index (χ1v) is 9.16. The molecule has 2 heterocycles. The third-order valence-electron chi connectivity index (χ3n) is 4.39. The molecular formula is C22H15ClFN3O2. The van der Waals surface area contributed by atoms with Crippen LogP contribution in [0.3, 0.4) is 0 Å². The smallest absolute Gasteiger partial charge is 0.266 e. The topological polar surface area (TPSA) is 68.0 Å². The van der Waals surface area contributed by atoms with Crippen LogP contribution in [0.5, 0.6) is 0 Å². The van der Waals surface area contributed by atoms with Gasteiger partial charge in [-0.15, -0.1) is 0 Å². The minimum absolute atomic E-state index is 0.0720. The third-order valence-corrected chi connectivity index (χ3v) is 4.69. The maximum absolute atomic E-state index is 13.7. The van der Waals surface area contributed by atoms with Gasteiger partial charge >= 0.3 is 0 Å². The van der Waals surface area contributed by atoms with Gasteiger partial charge in [0.15, 0.2) is 5.15 Å². The number of halogens is 2. The van der Waals surface area contributed by atoms with Crippen LogP contribution in [-0.2, 0) is 6.61 Å². The Bertz CT molecular complexity index is 1300. The molecule has 0 aliphatic rings. The highest BCUT2D eigenvalue weighted by Gasteiger charge is 2.14. The van der Waals surface area contributed by atoms with E-state index in [1.165, 1.54) is 22.9 Å². The zero-order valence-electron chi connectivity index (χ0n) is 15.1. The van der Waals surface area contributed by atoms with Gasteiger partial charge in [-0.2, -0.15) is 0 Å². The quantitative estimate of drug-likeness (QED) is 0.514. The molecule has 0 saturated carbocycles. The molecule has 0 atom stereocenters. The summed E-state index contributed by atoms with van der Waals surface area (Å²) in [5.41, 5.74) is 1.86. The summed E-state index contributed by atoms with van der Waals surface area (Å²) in [5, 5.41) is 9.59. The standard InChI is InChI=1S/C22H15ClFN3O2/c23-21-19(5-2-10-25-21)27-20(9-6-14-3-1-4-15(11-14)13-28)26-18-8-7-16(24)12-17(18)22(27)29/h1-12,28H,13H2/b9-6+. The molecule has 0 fully saturated rings. The number of pyridine rings is 1. The molecule has 144 valence electrons. The van der Waals surface area contributed by atoms with Crippen molar-refractivity contribution in [3.63, 3.8) is 0 Å². The zero-order chi connectivity index (χ0) is 20.4. The fourth-order valence-corrected chi connectivity index (χ4v) is 3.23. The van der Waals surface area contributed by atoms with Crippen LogP contribution < -0.4 is 5.56 Å². The van der Waals surface area contributed by atoms with Gasteiger partial charge in [0.05, 0.1) is 23.2 Å². The number of fused-ring (bicyclic) bond motifs is 1. The Morgan fingerprint density at radius 1 is 1.10 bits per heavy atom. The molecular weight excluding hydrogens is 393 g/mol. The van der Waals surface area contributed by atoms with Crippen molar-refractivity contribution in [2.24, 2.45) is 0 Å². The zero-order valence-corrected chi connectivity index (χ0v) is 15.8. The lowest BCUT2D eigenvalue weighted by Crippen LogP contribution is -2.23. The molecule has 4 rings (SSSR count). The van der Waals surface area contributed by atoms with Crippen molar-refractivity contribution in [1.29, 1.82) is 0 Å². The number of aliphatic hydroxyl groups is 1. The average molecular weight is 408 g/mol. The lowest BCUT2D eigenvalue weighted by atomic mass is 10.1. The van der Waals surface area contributed by atoms with E-state index in [0.717, 1.165) is 17.2 Å². The van der Waals surface area contributed by atoms with Crippen molar-refractivity contribution in [2.45, 2.75) is 6.61 Å². The first kappa shape index (κ1) is 19.0. The molecule has 4 aromatic rings. The highest BCUT2D eigenvalue weighted by Crippen LogP contribution is 2.20. The molecule has 0 saturated heterocycles. The van der Waals surface area contributed by atoms with Gasteiger partial charge in [-0.05, 0) is 53.6 Å². The van der Waals surface area contributed by atoms with E-state index in [-0.39, 0.29) is 17.1 Å². The molecule has 0 bridgehead atoms. The van der Waals surface area contributed by atoms with Crippen LogP contribution in [0, 0.1) is 5.82 Å². The fourth-order valence-electron chi connectivity index (χ4n) is 3.03. The van der Waals surface area contributed by atoms with Gasteiger partial charge in [0.1, 0.15) is 11.6 Å². The second-order valence-electron chi connectivity index (χ2n) is 6.32. The largest absolute Gasteiger partial charge is 0.392 e. The minimum Gasteiger partial charge on any atom is -0.392 e. The molecule has 0 radical (unpaired) electrons. The van der Waals surface area contributed by atoms with Gasteiger partial charge in [-0.3, -0.25) is 9.36 Å². The molecule has 0 aliphatic heterocycles. The Morgan fingerprint density at radius 3 is 2.76 bits per heavy atom. The van der Waals surface area contributed by atoms with Crippen LogP contribution >= 0.6 is 11.6 Å². The number of benzene rings is 2. The Hall–Kier alpha value is -3.35. The fraction of sp³-hybridized carbons (Fsp3) is 0.0455. The summed E-state index contributed by atoms with van der Waals surface area (Å²) < 4.78 is 15.0. The second-order valence-corrected chi connectivity index (χ2v) is 6.68. The lowest BCUT2D eigenvalue weighted by molar-refractivity contribution is 0.282. The predicted octanol–water partition coefficient (Wildman–Crippen LogP) is 4.24. The SMILES string of the molecule is O=c1c2cc(F)ccc2nc(/C=C/c2cccc(CO)c2)n1-c1cccnc1Cl. The van der Waals surface area contributed by atoms with E-state index in [1.54, 1.807) is 24.3 Å². The van der Waals surface area contributed by atoms with Crippen LogP contribution in [0.2, 0.25) is 5.15 Å². The van der Waals surface area contributed by atoms with Crippen LogP contribution in [-0.4, -0.2) is 19.6 Å². The van der Waals surface area contributed by atoms with E-state index >= 15 is 0 Å². The highest BCUT2D eigenvalue weighted by atomic mass is 35.5. The summed E-state index contributed by atoms with van der Waals surface area (Å²) in [4.78, 5) is 21.7. The predicted molar refractivity (Wildman–Crippen MR) is 111 cm³/mol. The molecule has 7 heteroatoms. The van der Waals surface area contributed by atoms with Gasteiger partial charge in [0.2, 0.25) is 0 Å². The molecule has 29 heavy (non-hydrogen) atoms. The van der Waals surface area contributed by atoms with E-state index in [1.807, 2.05) is 24.3 Å². The Labute approximate surface area is 170 Å². The molecule has 2 aromatic carbocycles. The molecule has 0 amide bonds. The van der Waals surface area contributed by atoms with E-state index in [9.17, 15) is 14.3 Å². The average Bonchev–Trinajstić information content (AvgIpc) is 2.74. The second kappa shape index (κ2) is 7.95. The van der Waals surface area contributed by atoms with Crippen molar-refractivity contribution in [3.05, 3.63) is 99.1 Å². The number of aromatic nitrogens is 3. The summed E-state index contributed by atoms with van der Waals surface area (Å²) in [6.07, 6.45) is 4.96. The first-order chi connectivity index (χ1) is 14.1. The van der Waals surface area contributed by atoms with Gasteiger partial charge in [-0.25, -0.2) is 14.4 Å². The maximum Gasteiger partial charge on any atom is 0.266 e. The molecule has 2 aromatic heterocycles. The van der Waals surface area contributed by atoms with Crippen LogP contribution in [0.25, 0.3) is 28.7 Å². The lowest BCUT2D eigenvalue weighted by Gasteiger charge is -2.12. The number of rotatable bonds is 4. The Kier molecular flexibility index (Phi) is 5.20. The van der Waals surface area contributed by atoms with E-state index < -0.39 is 11.4 Å². The van der Waals surface area contributed by atoms with E-state index in [0.29, 0.717) is 17.0 Å². The number of aliphatic hydroxyl groups excluding tert-OH is 1. The van der Waals surface area contributed by atoms with Gasteiger partial charge < -0.3 is 5.11 Å². The Balaban J connectivity index is 1.95.